The van der Waals surface area contributed by atoms with Crippen molar-refractivity contribution < 1.29 is 18.3 Å². The Hall–Kier alpha value is -2.34. The van der Waals surface area contributed by atoms with E-state index in [9.17, 15) is 13.6 Å². The summed E-state index contributed by atoms with van der Waals surface area (Å²) in [5, 5.41) is 2.55. The van der Waals surface area contributed by atoms with Crippen LogP contribution in [-0.2, 0) is 11.3 Å². The first-order valence-electron chi connectivity index (χ1n) is 6.40. The van der Waals surface area contributed by atoms with E-state index in [1.807, 2.05) is 6.92 Å². The van der Waals surface area contributed by atoms with Gasteiger partial charge >= 0.3 is 0 Å². The molecule has 2 rings (SSSR count). The van der Waals surface area contributed by atoms with Crippen molar-refractivity contribution in [1.82, 2.24) is 4.98 Å². The van der Waals surface area contributed by atoms with Gasteiger partial charge in [0.05, 0.1) is 12.2 Å². The van der Waals surface area contributed by atoms with Crippen LogP contribution in [0.3, 0.4) is 0 Å². The van der Waals surface area contributed by atoms with Crippen LogP contribution in [0.4, 0.5) is 14.5 Å². The monoisotopic (exact) mass is 292 g/mol. The number of rotatable bonds is 5. The molecule has 0 aliphatic rings. The van der Waals surface area contributed by atoms with E-state index in [-0.39, 0.29) is 0 Å². The molecule has 1 N–H and O–H groups in total. The van der Waals surface area contributed by atoms with Gasteiger partial charge in [-0.3, -0.25) is 4.79 Å². The van der Waals surface area contributed by atoms with Crippen molar-refractivity contribution in [3.05, 3.63) is 59.4 Å². The molecule has 1 aromatic carbocycles. The number of pyridine rings is 1. The Morgan fingerprint density at radius 3 is 2.81 bits per heavy atom. The first-order valence-corrected chi connectivity index (χ1v) is 6.40. The second kappa shape index (κ2) is 6.90. The number of nitrogens with one attached hydrogen (secondary N) is 1. The summed E-state index contributed by atoms with van der Waals surface area (Å²) in [7, 11) is 0. The lowest BCUT2D eigenvalue weighted by atomic mass is 10.1. The van der Waals surface area contributed by atoms with E-state index in [0.717, 1.165) is 17.8 Å². The van der Waals surface area contributed by atoms with Gasteiger partial charge in [-0.25, -0.2) is 9.37 Å². The number of para-hydroxylation sites is 1. The van der Waals surface area contributed by atoms with E-state index in [2.05, 4.69) is 10.3 Å². The highest BCUT2D eigenvalue weighted by Crippen LogP contribution is 2.18. The van der Waals surface area contributed by atoms with Crippen molar-refractivity contribution >= 4 is 11.6 Å². The van der Waals surface area contributed by atoms with Crippen LogP contribution in [0.15, 0.2) is 36.5 Å². The number of anilines is 1. The van der Waals surface area contributed by atoms with Gasteiger partial charge in [0, 0.05) is 24.1 Å². The summed E-state index contributed by atoms with van der Waals surface area (Å²) in [6.45, 7) is 2.71. The molecule has 0 spiro atoms. The molecular formula is C15H14F2N2O2. The van der Waals surface area contributed by atoms with Crippen molar-refractivity contribution in [2.75, 3.05) is 11.9 Å². The summed E-state index contributed by atoms with van der Waals surface area (Å²) < 4.78 is 31.9. The van der Waals surface area contributed by atoms with Gasteiger partial charge in [0.1, 0.15) is 0 Å². The summed E-state index contributed by atoms with van der Waals surface area (Å²) in [4.78, 5) is 15.2. The van der Waals surface area contributed by atoms with E-state index in [1.165, 1.54) is 0 Å². The SMILES string of the molecule is CCOCc1ccccc1NC(=O)c1ccnc(F)c1F. The number of halogens is 2. The zero-order valence-electron chi connectivity index (χ0n) is 11.4. The minimum Gasteiger partial charge on any atom is -0.377 e. The predicted molar refractivity (Wildman–Crippen MR) is 73.9 cm³/mol. The number of hydrogen-bond acceptors (Lipinski definition) is 3. The van der Waals surface area contributed by atoms with E-state index >= 15 is 0 Å². The Bertz CT molecular complexity index is 647. The molecule has 21 heavy (non-hydrogen) atoms. The van der Waals surface area contributed by atoms with Crippen molar-refractivity contribution in [2.24, 2.45) is 0 Å². The Labute approximate surface area is 120 Å². The molecule has 1 amide bonds. The van der Waals surface area contributed by atoms with Crippen LogP contribution < -0.4 is 5.32 Å². The van der Waals surface area contributed by atoms with Crippen molar-refractivity contribution in [3.63, 3.8) is 0 Å². The van der Waals surface area contributed by atoms with Crippen molar-refractivity contribution in [2.45, 2.75) is 13.5 Å². The van der Waals surface area contributed by atoms with Crippen LogP contribution in [0.5, 0.6) is 0 Å². The number of amides is 1. The highest BCUT2D eigenvalue weighted by Gasteiger charge is 2.17. The fourth-order valence-corrected chi connectivity index (χ4v) is 1.76. The Morgan fingerprint density at radius 2 is 2.05 bits per heavy atom. The van der Waals surface area contributed by atoms with Gasteiger partial charge in [-0.05, 0) is 19.1 Å². The number of hydrogen-bond donors (Lipinski definition) is 1. The first kappa shape index (κ1) is 15.1. The molecule has 0 aliphatic heterocycles. The van der Waals surface area contributed by atoms with E-state index in [1.54, 1.807) is 24.3 Å². The average molecular weight is 292 g/mol. The summed E-state index contributed by atoms with van der Waals surface area (Å²) in [5.41, 5.74) is 0.851. The summed E-state index contributed by atoms with van der Waals surface area (Å²) in [6, 6.07) is 8.11. The smallest absolute Gasteiger partial charge is 0.258 e. The van der Waals surface area contributed by atoms with Gasteiger partial charge in [0.2, 0.25) is 5.95 Å². The minimum absolute atomic E-state index is 0.320. The Balaban J connectivity index is 2.22. The van der Waals surface area contributed by atoms with Crippen molar-refractivity contribution in [3.8, 4) is 0 Å². The predicted octanol–water partition coefficient (Wildman–Crippen LogP) is 3.15. The standard InChI is InChI=1S/C15H14F2N2O2/c1-2-21-9-10-5-3-4-6-12(10)19-15(20)11-7-8-18-14(17)13(11)16/h3-8H,2,9H2,1H3,(H,19,20). The molecule has 1 heterocycles. The van der Waals surface area contributed by atoms with Crippen LogP contribution in [0, 0.1) is 11.8 Å². The topological polar surface area (TPSA) is 51.2 Å². The lowest BCUT2D eigenvalue weighted by Gasteiger charge is -2.11. The lowest BCUT2D eigenvalue weighted by molar-refractivity contribution is 0.102. The van der Waals surface area contributed by atoms with Crippen LogP contribution in [0.2, 0.25) is 0 Å². The quantitative estimate of drug-likeness (QED) is 0.861. The van der Waals surface area contributed by atoms with Gasteiger partial charge < -0.3 is 10.1 Å². The molecular weight excluding hydrogens is 278 g/mol. The maximum absolute atomic E-state index is 13.5. The van der Waals surface area contributed by atoms with Crippen LogP contribution in [-0.4, -0.2) is 17.5 Å². The van der Waals surface area contributed by atoms with Gasteiger partial charge in [-0.15, -0.1) is 0 Å². The summed E-state index contributed by atoms with van der Waals surface area (Å²) >= 11 is 0. The van der Waals surface area contributed by atoms with Crippen LogP contribution >= 0.6 is 0 Å². The molecule has 0 fully saturated rings. The third-order valence-corrected chi connectivity index (χ3v) is 2.82. The maximum Gasteiger partial charge on any atom is 0.258 e. The second-order valence-electron chi connectivity index (χ2n) is 4.21. The van der Waals surface area contributed by atoms with Gasteiger partial charge in [-0.1, -0.05) is 18.2 Å². The number of aromatic nitrogens is 1. The zero-order chi connectivity index (χ0) is 15.2. The fraction of sp³-hybridized carbons (Fsp3) is 0.200. The summed E-state index contributed by atoms with van der Waals surface area (Å²) in [5.74, 6) is -3.31. The largest absolute Gasteiger partial charge is 0.377 e. The normalized spacial score (nSPS) is 10.4. The third kappa shape index (κ3) is 3.61. The number of ether oxygens (including phenoxy) is 1. The highest BCUT2D eigenvalue weighted by atomic mass is 19.2. The first-order chi connectivity index (χ1) is 10.1. The van der Waals surface area contributed by atoms with Gasteiger partial charge in [0.15, 0.2) is 5.82 Å². The molecule has 2 aromatic rings. The molecule has 0 atom stereocenters. The molecule has 6 heteroatoms. The van der Waals surface area contributed by atoms with Gasteiger partial charge in [0.25, 0.3) is 5.91 Å². The zero-order valence-corrected chi connectivity index (χ0v) is 11.4. The molecule has 0 unspecified atom stereocenters. The van der Waals surface area contributed by atoms with Gasteiger partial charge in [-0.2, -0.15) is 4.39 Å². The second-order valence-corrected chi connectivity index (χ2v) is 4.21. The Morgan fingerprint density at radius 1 is 1.29 bits per heavy atom. The molecule has 0 bridgehead atoms. The minimum atomic E-state index is -1.30. The number of carbonyl (C=O) groups is 1. The number of nitrogens with zero attached hydrogens (tertiary/aromatic N) is 1. The molecule has 0 radical (unpaired) electrons. The number of benzene rings is 1. The van der Waals surface area contributed by atoms with E-state index < -0.39 is 23.2 Å². The molecule has 0 saturated carbocycles. The molecule has 0 aliphatic carbocycles. The molecule has 4 nitrogen and oxygen atoms in total. The Kier molecular flexibility index (Phi) is 4.94. The number of carbonyl (C=O) groups excluding carboxylic acids is 1. The molecule has 1 aromatic heterocycles. The fourth-order valence-electron chi connectivity index (χ4n) is 1.76. The molecule has 0 saturated heterocycles. The average Bonchev–Trinajstić information content (AvgIpc) is 2.49. The molecule has 110 valence electrons. The van der Waals surface area contributed by atoms with E-state index in [0.29, 0.717) is 18.9 Å². The lowest BCUT2D eigenvalue weighted by Crippen LogP contribution is -2.16. The van der Waals surface area contributed by atoms with E-state index in [4.69, 9.17) is 4.74 Å². The summed E-state index contributed by atoms with van der Waals surface area (Å²) in [6.07, 6.45) is 1.04. The van der Waals surface area contributed by atoms with Crippen LogP contribution in [0.25, 0.3) is 0 Å². The maximum atomic E-state index is 13.5. The van der Waals surface area contributed by atoms with Crippen molar-refractivity contribution in [1.29, 1.82) is 0 Å². The highest BCUT2D eigenvalue weighted by molar-refractivity contribution is 6.04. The van der Waals surface area contributed by atoms with Crippen LogP contribution in [0.1, 0.15) is 22.8 Å². The third-order valence-electron chi connectivity index (χ3n) is 2.82.